The van der Waals surface area contributed by atoms with Crippen LogP contribution in [0.3, 0.4) is 0 Å². The predicted molar refractivity (Wildman–Crippen MR) is 117 cm³/mol. The highest BCUT2D eigenvalue weighted by atomic mass is 16.5. The van der Waals surface area contributed by atoms with E-state index >= 15 is 0 Å². The average Bonchev–Trinajstić information content (AvgIpc) is 3.41. The molecule has 2 aliphatic carbocycles. The highest BCUT2D eigenvalue weighted by Crippen LogP contribution is 2.38. The number of ether oxygens (including phenoxy) is 1. The van der Waals surface area contributed by atoms with Gasteiger partial charge in [-0.3, -0.25) is 9.79 Å². The van der Waals surface area contributed by atoms with Crippen molar-refractivity contribution in [3.05, 3.63) is 29.8 Å². The fourth-order valence-corrected chi connectivity index (χ4v) is 4.60. The third-order valence-electron chi connectivity index (χ3n) is 6.25. The number of nitrogens with zero attached hydrogens (tertiary/aromatic N) is 2. The van der Waals surface area contributed by atoms with Gasteiger partial charge in [0.05, 0.1) is 11.5 Å². The molecule has 2 N–H and O–H groups in total. The standard InChI is InChI=1S/C23H36N4O2/c1-24-22(26-17-23(14-8-9-15-23)21(28)27(2)3)25-16-18-10-4-7-13-20(18)29-19-11-5-6-12-19/h4,7,10,13,19H,5-6,8-9,11-12,14-17H2,1-3H3,(H2,24,25,26). The molecule has 1 amide bonds. The number of guanidine groups is 1. The fraction of sp³-hybridized carbons (Fsp3) is 0.652. The number of benzene rings is 1. The summed E-state index contributed by atoms with van der Waals surface area (Å²) in [5.41, 5.74) is 0.812. The zero-order valence-corrected chi connectivity index (χ0v) is 18.2. The van der Waals surface area contributed by atoms with Gasteiger partial charge in [-0.25, -0.2) is 0 Å². The average molecular weight is 401 g/mol. The minimum Gasteiger partial charge on any atom is -0.490 e. The number of amides is 1. The summed E-state index contributed by atoms with van der Waals surface area (Å²) in [7, 11) is 5.46. The van der Waals surface area contributed by atoms with Crippen LogP contribution in [0.2, 0.25) is 0 Å². The van der Waals surface area contributed by atoms with Crippen molar-refractivity contribution in [2.75, 3.05) is 27.7 Å². The largest absolute Gasteiger partial charge is 0.490 e. The monoisotopic (exact) mass is 400 g/mol. The Bertz CT molecular complexity index is 705. The molecule has 0 spiro atoms. The van der Waals surface area contributed by atoms with Crippen LogP contribution in [0.5, 0.6) is 5.75 Å². The third-order valence-corrected chi connectivity index (χ3v) is 6.25. The van der Waals surface area contributed by atoms with Crippen molar-refractivity contribution < 1.29 is 9.53 Å². The summed E-state index contributed by atoms with van der Waals surface area (Å²) in [4.78, 5) is 18.8. The summed E-state index contributed by atoms with van der Waals surface area (Å²) >= 11 is 0. The lowest BCUT2D eigenvalue weighted by Gasteiger charge is -2.31. The molecule has 6 nitrogen and oxygen atoms in total. The van der Waals surface area contributed by atoms with E-state index in [1.165, 1.54) is 12.8 Å². The topological polar surface area (TPSA) is 66.0 Å². The lowest BCUT2D eigenvalue weighted by atomic mass is 9.84. The Hall–Kier alpha value is -2.24. The van der Waals surface area contributed by atoms with Gasteiger partial charge in [0.1, 0.15) is 5.75 Å². The Morgan fingerprint density at radius 3 is 2.48 bits per heavy atom. The maximum absolute atomic E-state index is 12.8. The summed E-state index contributed by atoms with van der Waals surface area (Å²) in [6.07, 6.45) is 9.24. The van der Waals surface area contributed by atoms with Gasteiger partial charge in [0.25, 0.3) is 0 Å². The molecule has 2 saturated carbocycles. The van der Waals surface area contributed by atoms with E-state index in [0.29, 0.717) is 19.2 Å². The van der Waals surface area contributed by atoms with Gasteiger partial charge in [0.15, 0.2) is 5.96 Å². The Kier molecular flexibility index (Phi) is 7.40. The van der Waals surface area contributed by atoms with E-state index in [0.717, 1.165) is 55.8 Å². The molecule has 0 heterocycles. The van der Waals surface area contributed by atoms with E-state index in [-0.39, 0.29) is 11.3 Å². The third kappa shape index (κ3) is 5.43. The number of rotatable bonds is 7. The number of nitrogens with one attached hydrogen (secondary N) is 2. The van der Waals surface area contributed by atoms with Crippen LogP contribution in [0.1, 0.15) is 56.9 Å². The molecule has 29 heavy (non-hydrogen) atoms. The number of aliphatic imine (C=N–C) groups is 1. The highest BCUT2D eigenvalue weighted by Gasteiger charge is 2.42. The molecule has 0 radical (unpaired) electrons. The van der Waals surface area contributed by atoms with E-state index in [1.807, 2.05) is 26.2 Å². The molecule has 0 bridgehead atoms. The maximum Gasteiger partial charge on any atom is 0.230 e. The number of hydrogen-bond acceptors (Lipinski definition) is 3. The predicted octanol–water partition coefficient (Wildman–Crippen LogP) is 3.32. The molecule has 1 aromatic rings. The second kappa shape index (κ2) is 9.99. The Labute approximate surface area is 175 Å². The molecule has 0 atom stereocenters. The SMILES string of the molecule is CN=C(NCc1ccccc1OC1CCCC1)NCC1(C(=O)N(C)C)CCCC1. The van der Waals surface area contributed by atoms with Crippen LogP contribution in [0.15, 0.2) is 29.3 Å². The van der Waals surface area contributed by atoms with E-state index < -0.39 is 0 Å². The first-order valence-corrected chi connectivity index (χ1v) is 10.9. The van der Waals surface area contributed by atoms with Gasteiger partial charge < -0.3 is 20.3 Å². The number of carbonyl (C=O) groups is 1. The van der Waals surface area contributed by atoms with Crippen LogP contribution in [-0.4, -0.2) is 50.6 Å². The van der Waals surface area contributed by atoms with Crippen LogP contribution < -0.4 is 15.4 Å². The minimum absolute atomic E-state index is 0.216. The van der Waals surface area contributed by atoms with Gasteiger partial charge in [0, 0.05) is 39.8 Å². The molecular formula is C23H36N4O2. The highest BCUT2D eigenvalue weighted by molar-refractivity contribution is 5.85. The normalized spacial score (nSPS) is 19.2. The van der Waals surface area contributed by atoms with Gasteiger partial charge >= 0.3 is 0 Å². The summed E-state index contributed by atoms with van der Waals surface area (Å²) in [6.45, 7) is 1.25. The second-order valence-electron chi connectivity index (χ2n) is 8.60. The molecule has 0 unspecified atom stereocenters. The zero-order valence-electron chi connectivity index (χ0n) is 18.2. The molecule has 2 aliphatic rings. The second-order valence-corrected chi connectivity index (χ2v) is 8.60. The molecular weight excluding hydrogens is 364 g/mol. The maximum atomic E-state index is 12.8. The molecule has 0 aromatic heterocycles. The van der Waals surface area contributed by atoms with Crippen LogP contribution in [-0.2, 0) is 11.3 Å². The van der Waals surface area contributed by atoms with Crippen LogP contribution >= 0.6 is 0 Å². The minimum atomic E-state index is -0.315. The molecule has 0 saturated heterocycles. The number of carbonyl (C=O) groups excluding carboxylic acids is 1. The fourth-order valence-electron chi connectivity index (χ4n) is 4.60. The van der Waals surface area contributed by atoms with Gasteiger partial charge in [-0.15, -0.1) is 0 Å². The summed E-state index contributed by atoms with van der Waals surface area (Å²) in [5.74, 6) is 1.89. The number of para-hydroxylation sites is 1. The van der Waals surface area contributed by atoms with Crippen molar-refractivity contribution in [2.45, 2.75) is 64.0 Å². The smallest absolute Gasteiger partial charge is 0.230 e. The summed E-state index contributed by atoms with van der Waals surface area (Å²) < 4.78 is 6.24. The van der Waals surface area contributed by atoms with Gasteiger partial charge in [-0.05, 0) is 44.6 Å². The molecule has 1 aromatic carbocycles. The van der Waals surface area contributed by atoms with Crippen molar-refractivity contribution >= 4 is 11.9 Å². The molecule has 6 heteroatoms. The molecule has 2 fully saturated rings. The first kappa shape index (κ1) is 21.5. The van der Waals surface area contributed by atoms with E-state index in [4.69, 9.17) is 4.74 Å². The van der Waals surface area contributed by atoms with Crippen molar-refractivity contribution in [3.8, 4) is 5.75 Å². The lowest BCUT2D eigenvalue weighted by molar-refractivity contribution is -0.138. The first-order chi connectivity index (χ1) is 14.0. The van der Waals surface area contributed by atoms with E-state index in [9.17, 15) is 4.79 Å². The summed E-state index contributed by atoms with van der Waals surface area (Å²) in [6, 6.07) is 8.21. The molecule has 3 rings (SSSR count). The molecule has 0 aliphatic heterocycles. The lowest BCUT2D eigenvalue weighted by Crippen LogP contribution is -2.49. The van der Waals surface area contributed by atoms with Crippen molar-refractivity contribution in [3.63, 3.8) is 0 Å². The zero-order chi connectivity index (χ0) is 20.7. The van der Waals surface area contributed by atoms with Crippen molar-refractivity contribution in [2.24, 2.45) is 10.4 Å². The number of hydrogen-bond donors (Lipinski definition) is 2. The Balaban J connectivity index is 1.57. The Morgan fingerprint density at radius 1 is 1.14 bits per heavy atom. The van der Waals surface area contributed by atoms with Crippen LogP contribution in [0.4, 0.5) is 0 Å². The van der Waals surface area contributed by atoms with Crippen molar-refractivity contribution in [1.29, 1.82) is 0 Å². The molecule has 160 valence electrons. The first-order valence-electron chi connectivity index (χ1n) is 10.9. The van der Waals surface area contributed by atoms with Crippen LogP contribution in [0, 0.1) is 5.41 Å². The van der Waals surface area contributed by atoms with E-state index in [2.05, 4.69) is 27.8 Å². The van der Waals surface area contributed by atoms with Gasteiger partial charge in [-0.1, -0.05) is 31.0 Å². The summed E-state index contributed by atoms with van der Waals surface area (Å²) in [5, 5.41) is 6.80. The van der Waals surface area contributed by atoms with E-state index in [1.54, 1.807) is 11.9 Å². The quantitative estimate of drug-likeness (QED) is 0.544. The van der Waals surface area contributed by atoms with Crippen molar-refractivity contribution in [1.82, 2.24) is 15.5 Å². The van der Waals surface area contributed by atoms with Crippen LogP contribution in [0.25, 0.3) is 0 Å². The van der Waals surface area contributed by atoms with Gasteiger partial charge in [0.2, 0.25) is 5.91 Å². The Morgan fingerprint density at radius 2 is 1.83 bits per heavy atom. The van der Waals surface area contributed by atoms with Gasteiger partial charge in [-0.2, -0.15) is 0 Å².